The Morgan fingerprint density at radius 1 is 1.40 bits per heavy atom. The predicted octanol–water partition coefficient (Wildman–Crippen LogP) is 1.80. The number of ether oxygens (including phenoxy) is 1. The molecular formula is C12H27NO2. The van der Waals surface area contributed by atoms with Gasteiger partial charge >= 0.3 is 0 Å². The van der Waals surface area contributed by atoms with Crippen LogP contribution in [0.5, 0.6) is 0 Å². The molecule has 92 valence electrons. The monoisotopic (exact) mass is 217 g/mol. The zero-order chi connectivity index (χ0) is 11.7. The fourth-order valence-electron chi connectivity index (χ4n) is 1.65. The second kappa shape index (κ2) is 8.08. The third kappa shape index (κ3) is 8.85. The minimum Gasteiger partial charge on any atom is -0.390 e. The van der Waals surface area contributed by atoms with Crippen LogP contribution >= 0.6 is 0 Å². The molecule has 2 atom stereocenters. The van der Waals surface area contributed by atoms with E-state index in [-0.39, 0.29) is 0 Å². The first-order valence-electron chi connectivity index (χ1n) is 5.94. The standard InChI is InChI=1S/C12H27NO2/c1-5-11(2)10-12(3,14)6-7-13-8-9-15-4/h11,13-14H,5-10H2,1-4H3. The topological polar surface area (TPSA) is 41.5 Å². The van der Waals surface area contributed by atoms with Gasteiger partial charge in [0.25, 0.3) is 0 Å². The first kappa shape index (κ1) is 14.9. The molecule has 0 aliphatic rings. The lowest BCUT2D eigenvalue weighted by Crippen LogP contribution is -2.32. The third-order valence-corrected chi connectivity index (χ3v) is 2.81. The van der Waals surface area contributed by atoms with Gasteiger partial charge in [0.15, 0.2) is 0 Å². The minimum absolute atomic E-state index is 0.532. The van der Waals surface area contributed by atoms with Gasteiger partial charge in [-0.3, -0.25) is 0 Å². The number of hydrogen-bond donors (Lipinski definition) is 2. The summed E-state index contributed by atoms with van der Waals surface area (Å²) in [5.41, 5.74) is -0.532. The number of nitrogens with one attached hydrogen (secondary N) is 1. The van der Waals surface area contributed by atoms with Gasteiger partial charge in [-0.25, -0.2) is 0 Å². The van der Waals surface area contributed by atoms with E-state index in [1.54, 1.807) is 7.11 Å². The van der Waals surface area contributed by atoms with Crippen LogP contribution in [0.15, 0.2) is 0 Å². The SMILES string of the molecule is CCC(C)CC(C)(O)CCNCCOC. The van der Waals surface area contributed by atoms with E-state index in [1.807, 2.05) is 6.92 Å². The van der Waals surface area contributed by atoms with E-state index in [9.17, 15) is 5.11 Å². The number of hydrogen-bond acceptors (Lipinski definition) is 3. The Morgan fingerprint density at radius 3 is 2.60 bits per heavy atom. The Hall–Kier alpha value is -0.120. The molecule has 0 rings (SSSR count). The average molecular weight is 217 g/mol. The molecule has 0 spiro atoms. The average Bonchev–Trinajstić information content (AvgIpc) is 2.16. The van der Waals surface area contributed by atoms with E-state index >= 15 is 0 Å². The lowest BCUT2D eigenvalue weighted by atomic mass is 9.89. The first-order chi connectivity index (χ1) is 7.02. The van der Waals surface area contributed by atoms with Crippen LogP contribution in [0.25, 0.3) is 0 Å². The predicted molar refractivity (Wildman–Crippen MR) is 64.1 cm³/mol. The maximum absolute atomic E-state index is 10.1. The van der Waals surface area contributed by atoms with Crippen LogP contribution in [0.4, 0.5) is 0 Å². The molecule has 0 fully saturated rings. The number of methoxy groups -OCH3 is 1. The van der Waals surface area contributed by atoms with Gasteiger partial charge in [-0.05, 0) is 32.2 Å². The maximum Gasteiger partial charge on any atom is 0.0634 e. The van der Waals surface area contributed by atoms with Gasteiger partial charge in [-0.2, -0.15) is 0 Å². The van der Waals surface area contributed by atoms with Crippen LogP contribution in [0, 0.1) is 5.92 Å². The molecule has 2 unspecified atom stereocenters. The molecule has 3 nitrogen and oxygen atoms in total. The lowest BCUT2D eigenvalue weighted by Gasteiger charge is -2.26. The van der Waals surface area contributed by atoms with Gasteiger partial charge in [-0.15, -0.1) is 0 Å². The molecule has 0 heterocycles. The van der Waals surface area contributed by atoms with Gasteiger partial charge in [-0.1, -0.05) is 20.3 Å². The normalized spacial score (nSPS) is 17.4. The summed E-state index contributed by atoms with van der Waals surface area (Å²) in [5.74, 6) is 0.596. The summed E-state index contributed by atoms with van der Waals surface area (Å²) >= 11 is 0. The third-order valence-electron chi connectivity index (χ3n) is 2.81. The second-order valence-corrected chi connectivity index (χ2v) is 4.71. The van der Waals surface area contributed by atoms with Gasteiger partial charge in [0, 0.05) is 13.7 Å². The van der Waals surface area contributed by atoms with Gasteiger partial charge < -0.3 is 15.2 Å². The van der Waals surface area contributed by atoms with Crippen LogP contribution in [-0.4, -0.2) is 37.5 Å². The highest BCUT2D eigenvalue weighted by Crippen LogP contribution is 2.21. The summed E-state index contributed by atoms with van der Waals surface area (Å²) < 4.78 is 4.93. The van der Waals surface area contributed by atoms with Crippen molar-refractivity contribution in [3.8, 4) is 0 Å². The zero-order valence-electron chi connectivity index (χ0n) is 10.7. The molecule has 0 aromatic carbocycles. The van der Waals surface area contributed by atoms with Gasteiger partial charge in [0.2, 0.25) is 0 Å². The number of aliphatic hydroxyl groups is 1. The van der Waals surface area contributed by atoms with Crippen molar-refractivity contribution in [2.24, 2.45) is 5.92 Å². The van der Waals surface area contributed by atoms with Crippen molar-refractivity contribution in [2.45, 2.75) is 45.6 Å². The molecule has 0 amide bonds. The van der Waals surface area contributed by atoms with E-state index in [0.717, 1.165) is 39.0 Å². The zero-order valence-corrected chi connectivity index (χ0v) is 10.7. The smallest absolute Gasteiger partial charge is 0.0634 e. The maximum atomic E-state index is 10.1. The van der Waals surface area contributed by atoms with Crippen molar-refractivity contribution < 1.29 is 9.84 Å². The van der Waals surface area contributed by atoms with Gasteiger partial charge in [0.1, 0.15) is 0 Å². The van der Waals surface area contributed by atoms with Crippen molar-refractivity contribution in [3.05, 3.63) is 0 Å². The van der Waals surface area contributed by atoms with Crippen LogP contribution in [0.2, 0.25) is 0 Å². The fraction of sp³-hybridized carbons (Fsp3) is 1.00. The molecule has 0 saturated carbocycles. The summed E-state index contributed by atoms with van der Waals surface area (Å²) in [6.07, 6.45) is 2.82. The highest BCUT2D eigenvalue weighted by atomic mass is 16.5. The van der Waals surface area contributed by atoms with E-state index in [2.05, 4.69) is 19.2 Å². The summed E-state index contributed by atoms with van der Waals surface area (Å²) in [7, 11) is 1.70. The Bertz CT molecular complexity index is 149. The summed E-state index contributed by atoms with van der Waals surface area (Å²) in [6, 6.07) is 0. The highest BCUT2D eigenvalue weighted by Gasteiger charge is 2.21. The van der Waals surface area contributed by atoms with E-state index in [1.165, 1.54) is 0 Å². The minimum atomic E-state index is -0.532. The van der Waals surface area contributed by atoms with Crippen LogP contribution in [0.3, 0.4) is 0 Å². The lowest BCUT2D eigenvalue weighted by molar-refractivity contribution is 0.0272. The molecule has 0 saturated heterocycles. The second-order valence-electron chi connectivity index (χ2n) is 4.71. The first-order valence-corrected chi connectivity index (χ1v) is 5.94. The van der Waals surface area contributed by atoms with Crippen LogP contribution < -0.4 is 5.32 Å². The van der Waals surface area contributed by atoms with E-state index < -0.39 is 5.60 Å². The van der Waals surface area contributed by atoms with Gasteiger partial charge in [0.05, 0.1) is 12.2 Å². The molecule has 15 heavy (non-hydrogen) atoms. The van der Waals surface area contributed by atoms with Crippen molar-refractivity contribution >= 4 is 0 Å². The Kier molecular flexibility index (Phi) is 8.02. The van der Waals surface area contributed by atoms with Crippen molar-refractivity contribution in [2.75, 3.05) is 26.8 Å². The molecule has 0 aromatic heterocycles. The summed E-state index contributed by atoms with van der Waals surface area (Å²) in [4.78, 5) is 0. The molecule has 0 aliphatic heterocycles. The molecule has 0 radical (unpaired) electrons. The summed E-state index contributed by atoms with van der Waals surface area (Å²) in [6.45, 7) is 8.72. The van der Waals surface area contributed by atoms with Crippen LogP contribution in [-0.2, 0) is 4.74 Å². The van der Waals surface area contributed by atoms with E-state index in [0.29, 0.717) is 5.92 Å². The number of rotatable bonds is 9. The van der Waals surface area contributed by atoms with Crippen molar-refractivity contribution in [1.29, 1.82) is 0 Å². The molecule has 2 N–H and O–H groups in total. The fourth-order valence-corrected chi connectivity index (χ4v) is 1.65. The Morgan fingerprint density at radius 2 is 2.07 bits per heavy atom. The Balaban J connectivity index is 3.55. The molecule has 0 aliphatic carbocycles. The summed E-state index contributed by atoms with van der Waals surface area (Å²) in [5, 5.41) is 13.3. The quantitative estimate of drug-likeness (QED) is 0.579. The largest absolute Gasteiger partial charge is 0.390 e. The highest BCUT2D eigenvalue weighted by molar-refractivity contribution is 4.75. The molecule has 3 heteroatoms. The Labute approximate surface area is 94.2 Å². The van der Waals surface area contributed by atoms with E-state index in [4.69, 9.17) is 4.74 Å². The van der Waals surface area contributed by atoms with Crippen LogP contribution in [0.1, 0.15) is 40.0 Å². The molecule has 0 aromatic rings. The van der Waals surface area contributed by atoms with Crippen molar-refractivity contribution in [3.63, 3.8) is 0 Å². The molecular weight excluding hydrogens is 190 g/mol. The van der Waals surface area contributed by atoms with Crippen molar-refractivity contribution in [1.82, 2.24) is 5.32 Å². The molecule has 0 bridgehead atoms.